The third-order valence-corrected chi connectivity index (χ3v) is 3.86. The summed E-state index contributed by atoms with van der Waals surface area (Å²) < 4.78 is 0.811. The van der Waals surface area contributed by atoms with E-state index in [1.807, 2.05) is 18.2 Å². The Morgan fingerprint density at radius 1 is 1.19 bits per heavy atom. The second-order valence-electron chi connectivity index (χ2n) is 4.83. The Morgan fingerprint density at radius 3 is 2.62 bits per heavy atom. The van der Waals surface area contributed by atoms with E-state index in [1.165, 1.54) is 0 Å². The van der Waals surface area contributed by atoms with Crippen molar-refractivity contribution in [3.05, 3.63) is 28.7 Å². The number of nitrogens with one attached hydrogen (secondary N) is 3. The molecule has 0 atom stereocenters. The molecule has 1 aromatic carbocycles. The second-order valence-corrected chi connectivity index (χ2v) is 5.69. The summed E-state index contributed by atoms with van der Waals surface area (Å²) in [5, 5.41) is 8.61. The number of benzene rings is 1. The zero-order chi connectivity index (χ0) is 15.1. The number of anilines is 1. The third-order valence-electron chi connectivity index (χ3n) is 3.17. The lowest BCUT2D eigenvalue weighted by molar-refractivity contribution is -0.125. The number of carbonyl (C=O) groups excluding carboxylic acids is 2. The summed E-state index contributed by atoms with van der Waals surface area (Å²) in [5.74, 6) is -0.366. The fourth-order valence-corrected chi connectivity index (χ4v) is 2.45. The van der Waals surface area contributed by atoms with E-state index in [9.17, 15) is 9.59 Å². The van der Waals surface area contributed by atoms with Gasteiger partial charge in [0.15, 0.2) is 0 Å². The van der Waals surface area contributed by atoms with Crippen molar-refractivity contribution in [1.29, 1.82) is 0 Å². The minimum absolute atomic E-state index is 0.0216. The molecule has 6 nitrogen and oxygen atoms in total. The Bertz CT molecular complexity index is 504. The van der Waals surface area contributed by atoms with Gasteiger partial charge in [0, 0.05) is 30.7 Å². The molecule has 114 valence electrons. The molecule has 2 rings (SSSR count). The minimum atomic E-state index is -0.240. The summed E-state index contributed by atoms with van der Waals surface area (Å²) in [6.07, 6.45) is 0. The van der Waals surface area contributed by atoms with Crippen LogP contribution in [0.3, 0.4) is 0 Å². The predicted octanol–water partition coefficient (Wildman–Crippen LogP) is 0.409. The second kappa shape index (κ2) is 8.11. The molecule has 0 spiro atoms. The van der Waals surface area contributed by atoms with Crippen LogP contribution in [0.4, 0.5) is 5.69 Å². The Labute approximate surface area is 132 Å². The van der Waals surface area contributed by atoms with E-state index in [4.69, 9.17) is 0 Å². The van der Waals surface area contributed by atoms with Gasteiger partial charge in [0.2, 0.25) is 11.8 Å². The number of amides is 2. The summed E-state index contributed by atoms with van der Waals surface area (Å²) in [4.78, 5) is 25.6. The number of halogens is 1. The van der Waals surface area contributed by atoms with Crippen molar-refractivity contribution < 1.29 is 9.59 Å². The average molecular weight is 355 g/mol. The van der Waals surface area contributed by atoms with E-state index in [-0.39, 0.29) is 18.4 Å². The molecule has 0 saturated carbocycles. The van der Waals surface area contributed by atoms with Crippen LogP contribution in [0, 0.1) is 0 Å². The first kappa shape index (κ1) is 15.9. The van der Waals surface area contributed by atoms with Gasteiger partial charge in [-0.3, -0.25) is 14.5 Å². The summed E-state index contributed by atoms with van der Waals surface area (Å²) in [7, 11) is 0. The molecule has 3 N–H and O–H groups in total. The van der Waals surface area contributed by atoms with Gasteiger partial charge >= 0.3 is 0 Å². The van der Waals surface area contributed by atoms with Crippen LogP contribution in [-0.4, -0.2) is 56.0 Å². The fraction of sp³-hybridized carbons (Fsp3) is 0.429. The van der Waals surface area contributed by atoms with Gasteiger partial charge in [-0.05, 0) is 28.1 Å². The van der Waals surface area contributed by atoms with Crippen LogP contribution in [0.1, 0.15) is 0 Å². The normalized spacial score (nSPS) is 15.5. The SMILES string of the molecule is O=C(CN1CCNCC1)NCC(=O)Nc1ccccc1Br. The Balaban J connectivity index is 1.71. The highest BCUT2D eigenvalue weighted by Crippen LogP contribution is 2.20. The molecular weight excluding hydrogens is 336 g/mol. The van der Waals surface area contributed by atoms with Crippen molar-refractivity contribution in [1.82, 2.24) is 15.5 Å². The van der Waals surface area contributed by atoms with Gasteiger partial charge in [0.05, 0.1) is 18.8 Å². The third kappa shape index (κ3) is 5.45. The first-order valence-corrected chi connectivity index (χ1v) is 7.68. The number of rotatable bonds is 5. The van der Waals surface area contributed by atoms with E-state index in [0.717, 1.165) is 30.7 Å². The van der Waals surface area contributed by atoms with Crippen molar-refractivity contribution in [2.24, 2.45) is 0 Å². The molecule has 1 fully saturated rings. The van der Waals surface area contributed by atoms with Crippen molar-refractivity contribution in [2.75, 3.05) is 44.6 Å². The van der Waals surface area contributed by atoms with Gasteiger partial charge in [-0.25, -0.2) is 0 Å². The molecule has 0 bridgehead atoms. The average Bonchev–Trinajstić information content (AvgIpc) is 2.49. The zero-order valence-electron chi connectivity index (χ0n) is 11.7. The molecule has 0 unspecified atom stereocenters. The molecule has 1 aromatic rings. The molecule has 1 aliphatic heterocycles. The molecule has 0 radical (unpaired) electrons. The lowest BCUT2D eigenvalue weighted by atomic mass is 10.3. The number of para-hydroxylation sites is 1. The summed E-state index contributed by atoms with van der Waals surface area (Å²) in [6, 6.07) is 7.35. The quantitative estimate of drug-likeness (QED) is 0.715. The van der Waals surface area contributed by atoms with Gasteiger partial charge in [0.1, 0.15) is 0 Å². The van der Waals surface area contributed by atoms with E-state index in [0.29, 0.717) is 12.2 Å². The summed E-state index contributed by atoms with van der Waals surface area (Å²) in [6.45, 7) is 3.83. The Hall–Kier alpha value is -1.44. The van der Waals surface area contributed by atoms with Crippen molar-refractivity contribution in [3.63, 3.8) is 0 Å². The molecule has 0 aromatic heterocycles. The summed E-state index contributed by atoms with van der Waals surface area (Å²) >= 11 is 3.36. The Kier molecular flexibility index (Phi) is 6.16. The standard InChI is InChI=1S/C14H19BrN4O2/c15-11-3-1-2-4-12(11)18-13(20)9-17-14(21)10-19-7-5-16-6-8-19/h1-4,16H,5-10H2,(H,17,21)(H,18,20). The maximum absolute atomic E-state index is 11.8. The fourth-order valence-electron chi connectivity index (χ4n) is 2.06. The maximum Gasteiger partial charge on any atom is 0.243 e. The number of hydrogen-bond donors (Lipinski definition) is 3. The molecule has 21 heavy (non-hydrogen) atoms. The van der Waals surface area contributed by atoms with Crippen LogP contribution in [0.25, 0.3) is 0 Å². The minimum Gasteiger partial charge on any atom is -0.346 e. The summed E-state index contributed by atoms with van der Waals surface area (Å²) in [5.41, 5.74) is 0.693. The predicted molar refractivity (Wildman–Crippen MR) is 85.1 cm³/mol. The van der Waals surface area contributed by atoms with E-state index in [1.54, 1.807) is 6.07 Å². The number of nitrogens with zero attached hydrogens (tertiary/aromatic N) is 1. The molecule has 7 heteroatoms. The molecule has 0 aliphatic carbocycles. The highest BCUT2D eigenvalue weighted by Gasteiger charge is 2.14. The first-order chi connectivity index (χ1) is 10.1. The van der Waals surface area contributed by atoms with Crippen molar-refractivity contribution >= 4 is 33.4 Å². The largest absolute Gasteiger partial charge is 0.346 e. The van der Waals surface area contributed by atoms with Gasteiger partial charge in [-0.15, -0.1) is 0 Å². The lowest BCUT2D eigenvalue weighted by Crippen LogP contribution is -2.48. The van der Waals surface area contributed by atoms with E-state index < -0.39 is 0 Å². The van der Waals surface area contributed by atoms with Gasteiger partial charge in [-0.2, -0.15) is 0 Å². The molecule has 1 aliphatic rings. The van der Waals surface area contributed by atoms with E-state index >= 15 is 0 Å². The van der Waals surface area contributed by atoms with E-state index in [2.05, 4.69) is 36.8 Å². The molecular formula is C14H19BrN4O2. The monoisotopic (exact) mass is 354 g/mol. The number of hydrogen-bond acceptors (Lipinski definition) is 4. The highest BCUT2D eigenvalue weighted by atomic mass is 79.9. The molecule has 2 amide bonds. The zero-order valence-corrected chi connectivity index (χ0v) is 13.3. The van der Waals surface area contributed by atoms with Gasteiger partial charge < -0.3 is 16.0 Å². The number of carbonyl (C=O) groups is 2. The van der Waals surface area contributed by atoms with Crippen molar-refractivity contribution in [3.8, 4) is 0 Å². The highest BCUT2D eigenvalue weighted by molar-refractivity contribution is 9.10. The van der Waals surface area contributed by atoms with Crippen LogP contribution in [-0.2, 0) is 9.59 Å². The van der Waals surface area contributed by atoms with Gasteiger partial charge in [-0.1, -0.05) is 12.1 Å². The van der Waals surface area contributed by atoms with Crippen LogP contribution < -0.4 is 16.0 Å². The first-order valence-electron chi connectivity index (χ1n) is 6.89. The van der Waals surface area contributed by atoms with Gasteiger partial charge in [0.25, 0.3) is 0 Å². The van der Waals surface area contributed by atoms with Crippen LogP contribution in [0.15, 0.2) is 28.7 Å². The topological polar surface area (TPSA) is 73.5 Å². The van der Waals surface area contributed by atoms with Crippen LogP contribution >= 0.6 is 15.9 Å². The Morgan fingerprint density at radius 2 is 1.90 bits per heavy atom. The maximum atomic E-state index is 11.8. The van der Waals surface area contributed by atoms with Crippen LogP contribution in [0.5, 0.6) is 0 Å². The molecule has 1 heterocycles. The lowest BCUT2D eigenvalue weighted by Gasteiger charge is -2.26. The molecule has 1 saturated heterocycles. The van der Waals surface area contributed by atoms with Crippen molar-refractivity contribution in [2.45, 2.75) is 0 Å². The number of piperazine rings is 1. The smallest absolute Gasteiger partial charge is 0.243 e. The van der Waals surface area contributed by atoms with Crippen LogP contribution in [0.2, 0.25) is 0 Å².